The Kier molecular flexibility index (Phi) is 5.70. The van der Waals surface area contributed by atoms with Crippen LogP contribution in [0.3, 0.4) is 0 Å². The lowest BCUT2D eigenvalue weighted by Gasteiger charge is -2.38. The number of carbonyl (C=O) groups excluding carboxylic acids is 1. The highest BCUT2D eigenvalue weighted by Gasteiger charge is 2.27. The molecule has 1 heterocycles. The maximum absolute atomic E-state index is 12.0. The number of hydrogen-bond acceptors (Lipinski definition) is 5. The number of piperazine rings is 1. The zero-order valence-electron chi connectivity index (χ0n) is 13.3. The predicted octanol–water partition coefficient (Wildman–Crippen LogP) is 1.41. The third-order valence-corrected chi connectivity index (χ3v) is 4.08. The van der Waals surface area contributed by atoms with Gasteiger partial charge < -0.3 is 10.2 Å². The van der Waals surface area contributed by atoms with Crippen LogP contribution >= 0.6 is 0 Å². The molecule has 7 heteroatoms. The van der Waals surface area contributed by atoms with Gasteiger partial charge in [-0.05, 0) is 13.0 Å². The first-order valence-corrected chi connectivity index (χ1v) is 7.65. The summed E-state index contributed by atoms with van der Waals surface area (Å²) in [6, 6.07) is 6.55. The average molecular weight is 318 g/mol. The van der Waals surface area contributed by atoms with Gasteiger partial charge in [0.15, 0.2) is 0 Å². The monoisotopic (exact) mass is 318 g/mol. The summed E-state index contributed by atoms with van der Waals surface area (Å²) in [6.07, 6.45) is 1.65. The molecular weight excluding hydrogens is 296 g/mol. The molecule has 0 saturated carbocycles. The molecule has 0 aromatic heterocycles. The molecule has 0 unspecified atom stereocenters. The molecule has 0 spiro atoms. The number of nitrogens with one attached hydrogen (secondary N) is 1. The largest absolute Gasteiger partial charge is 0.363 e. The van der Waals surface area contributed by atoms with Crippen LogP contribution in [0.5, 0.6) is 0 Å². The van der Waals surface area contributed by atoms with Crippen molar-refractivity contribution in [1.29, 1.82) is 0 Å². The van der Waals surface area contributed by atoms with Crippen molar-refractivity contribution in [2.75, 3.05) is 37.6 Å². The Morgan fingerprint density at radius 3 is 2.65 bits per heavy atom. The topological polar surface area (TPSA) is 78.7 Å². The number of para-hydroxylation sites is 2. The summed E-state index contributed by atoms with van der Waals surface area (Å²) >= 11 is 0. The summed E-state index contributed by atoms with van der Waals surface area (Å²) in [5.74, 6) is -0.0240. The molecule has 7 nitrogen and oxygen atoms in total. The molecule has 0 bridgehead atoms. The van der Waals surface area contributed by atoms with Crippen molar-refractivity contribution in [3.05, 3.63) is 47.0 Å². The highest BCUT2D eigenvalue weighted by Crippen LogP contribution is 2.28. The fourth-order valence-electron chi connectivity index (χ4n) is 2.72. The smallest absolute Gasteiger partial charge is 0.292 e. The fraction of sp³-hybridized carbons (Fsp3) is 0.438. The molecule has 23 heavy (non-hydrogen) atoms. The number of nitrogens with zero attached hydrogens (tertiary/aromatic N) is 3. The molecule has 1 fully saturated rings. The molecule has 2 rings (SSSR count). The molecule has 1 N–H and O–H groups in total. The molecule has 1 aromatic carbocycles. The maximum Gasteiger partial charge on any atom is 0.292 e. The van der Waals surface area contributed by atoms with Crippen molar-refractivity contribution >= 4 is 17.3 Å². The minimum absolute atomic E-state index is 0.0240. The van der Waals surface area contributed by atoms with E-state index in [-0.39, 0.29) is 22.6 Å². The molecule has 1 amide bonds. The molecule has 0 radical (unpaired) electrons. The van der Waals surface area contributed by atoms with E-state index in [9.17, 15) is 14.9 Å². The normalized spacial score (nSPS) is 16.7. The van der Waals surface area contributed by atoms with Gasteiger partial charge >= 0.3 is 0 Å². The van der Waals surface area contributed by atoms with Gasteiger partial charge in [0.1, 0.15) is 5.69 Å². The van der Waals surface area contributed by atoms with Crippen molar-refractivity contribution in [2.45, 2.75) is 13.0 Å². The van der Waals surface area contributed by atoms with Crippen LogP contribution in [0.1, 0.15) is 6.92 Å². The van der Waals surface area contributed by atoms with Crippen LogP contribution in [0.15, 0.2) is 36.9 Å². The number of hydrogen-bond donors (Lipinski definition) is 1. The molecule has 1 saturated heterocycles. The Bertz CT molecular complexity index is 582. The molecular formula is C16H22N4O3. The zero-order chi connectivity index (χ0) is 16.8. The van der Waals surface area contributed by atoms with Gasteiger partial charge in [-0.2, -0.15) is 0 Å². The van der Waals surface area contributed by atoms with E-state index in [1.54, 1.807) is 24.3 Å². The summed E-state index contributed by atoms with van der Waals surface area (Å²) in [7, 11) is 0. The molecule has 1 aliphatic rings. The zero-order valence-corrected chi connectivity index (χ0v) is 13.3. The lowest BCUT2D eigenvalue weighted by atomic mass is 10.2. The summed E-state index contributed by atoms with van der Waals surface area (Å²) in [4.78, 5) is 26.9. The minimum Gasteiger partial charge on any atom is -0.363 e. The first kappa shape index (κ1) is 17.0. The van der Waals surface area contributed by atoms with Crippen molar-refractivity contribution in [3.63, 3.8) is 0 Å². The summed E-state index contributed by atoms with van der Waals surface area (Å²) in [6.45, 7) is 8.60. The second-order valence-corrected chi connectivity index (χ2v) is 5.48. The van der Waals surface area contributed by atoms with Crippen LogP contribution in [0, 0.1) is 10.1 Å². The molecule has 124 valence electrons. The van der Waals surface area contributed by atoms with Gasteiger partial charge in [0.25, 0.3) is 5.69 Å². The number of amides is 1. The van der Waals surface area contributed by atoms with Gasteiger partial charge in [-0.3, -0.25) is 19.8 Å². The second-order valence-electron chi connectivity index (χ2n) is 5.48. The number of rotatable bonds is 6. The highest BCUT2D eigenvalue weighted by atomic mass is 16.6. The van der Waals surface area contributed by atoms with Gasteiger partial charge in [0.05, 0.1) is 11.0 Å². The minimum atomic E-state index is -0.354. The Morgan fingerprint density at radius 1 is 1.39 bits per heavy atom. The predicted molar refractivity (Wildman–Crippen MR) is 89.6 cm³/mol. The van der Waals surface area contributed by atoms with E-state index in [2.05, 4.69) is 16.8 Å². The van der Waals surface area contributed by atoms with Gasteiger partial charge in [-0.1, -0.05) is 18.2 Å². The van der Waals surface area contributed by atoms with Crippen LogP contribution in [0.25, 0.3) is 0 Å². The van der Waals surface area contributed by atoms with Crippen molar-refractivity contribution in [3.8, 4) is 0 Å². The quantitative estimate of drug-likeness (QED) is 0.487. The Balaban J connectivity index is 1.97. The first-order chi connectivity index (χ1) is 11.0. The highest BCUT2D eigenvalue weighted by molar-refractivity contribution is 5.81. The standard InChI is InChI=1S/C16H22N4O3/c1-3-8-17-16(21)13(2)18-9-11-19(12-10-18)14-6-4-5-7-15(14)20(22)23/h3-7,13H,1,8-12H2,2H3,(H,17,21)/t13-/m0/s1. The SMILES string of the molecule is C=CCNC(=O)[C@H](C)N1CCN(c2ccccc2[N+](=O)[O-])CC1. The lowest BCUT2D eigenvalue weighted by Crippen LogP contribution is -2.54. The van der Waals surface area contributed by atoms with E-state index in [1.807, 2.05) is 11.8 Å². The lowest BCUT2D eigenvalue weighted by molar-refractivity contribution is -0.384. The van der Waals surface area contributed by atoms with Crippen LogP contribution in [0.2, 0.25) is 0 Å². The molecule has 1 aromatic rings. The third-order valence-electron chi connectivity index (χ3n) is 4.08. The number of anilines is 1. The third kappa shape index (κ3) is 4.07. The van der Waals surface area contributed by atoms with Gasteiger partial charge in [0.2, 0.25) is 5.91 Å². The van der Waals surface area contributed by atoms with Gasteiger partial charge in [-0.25, -0.2) is 0 Å². The number of nitro benzene ring substituents is 1. The molecule has 1 aliphatic heterocycles. The number of carbonyl (C=O) groups is 1. The first-order valence-electron chi connectivity index (χ1n) is 7.65. The average Bonchev–Trinajstić information content (AvgIpc) is 2.59. The molecule has 0 aliphatic carbocycles. The Morgan fingerprint density at radius 2 is 2.04 bits per heavy atom. The number of benzene rings is 1. The van der Waals surface area contributed by atoms with E-state index in [0.717, 1.165) is 0 Å². The Labute approximate surface area is 135 Å². The Hall–Kier alpha value is -2.41. The molecule has 1 atom stereocenters. The summed E-state index contributed by atoms with van der Waals surface area (Å²) < 4.78 is 0. The summed E-state index contributed by atoms with van der Waals surface area (Å²) in [5.41, 5.74) is 0.763. The van der Waals surface area contributed by atoms with Crippen LogP contribution in [0.4, 0.5) is 11.4 Å². The van der Waals surface area contributed by atoms with Crippen molar-refractivity contribution in [1.82, 2.24) is 10.2 Å². The van der Waals surface area contributed by atoms with E-state index < -0.39 is 0 Å². The van der Waals surface area contributed by atoms with E-state index in [0.29, 0.717) is 38.4 Å². The van der Waals surface area contributed by atoms with Crippen LogP contribution < -0.4 is 10.2 Å². The number of nitro groups is 1. The van der Waals surface area contributed by atoms with Gasteiger partial charge in [0, 0.05) is 38.8 Å². The van der Waals surface area contributed by atoms with Crippen molar-refractivity contribution in [2.24, 2.45) is 0 Å². The second kappa shape index (κ2) is 7.73. The van der Waals surface area contributed by atoms with Gasteiger partial charge in [-0.15, -0.1) is 6.58 Å². The summed E-state index contributed by atoms with van der Waals surface area (Å²) in [5, 5.41) is 13.9. The van der Waals surface area contributed by atoms with E-state index in [1.165, 1.54) is 6.07 Å². The van der Waals surface area contributed by atoms with Crippen molar-refractivity contribution < 1.29 is 9.72 Å². The van der Waals surface area contributed by atoms with E-state index in [4.69, 9.17) is 0 Å². The fourth-order valence-corrected chi connectivity index (χ4v) is 2.72. The maximum atomic E-state index is 12.0. The van der Waals surface area contributed by atoms with Crippen LogP contribution in [-0.2, 0) is 4.79 Å². The van der Waals surface area contributed by atoms with Crippen LogP contribution in [-0.4, -0.2) is 54.5 Å². The van der Waals surface area contributed by atoms with E-state index >= 15 is 0 Å².